The van der Waals surface area contributed by atoms with E-state index in [1.54, 1.807) is 0 Å². The molecule has 5 heteroatoms. The molecule has 11 aromatic rings. The van der Waals surface area contributed by atoms with Gasteiger partial charge in [0.2, 0.25) is 11.8 Å². The fourth-order valence-electron chi connectivity index (χ4n) is 7.87. The van der Waals surface area contributed by atoms with Crippen LogP contribution in [0, 0.1) is 0 Å². The third-order valence-corrected chi connectivity index (χ3v) is 10.7. The molecule has 2 heterocycles. The first kappa shape index (κ1) is 32.7. The van der Waals surface area contributed by atoms with Crippen molar-refractivity contribution < 1.29 is 8.83 Å². The Morgan fingerprint density at radius 1 is 0.333 bits per heavy atom. The topological polar surface area (TPSA) is 55.3 Å². The van der Waals surface area contributed by atoms with Crippen molar-refractivity contribution in [3.8, 4) is 45.2 Å². The van der Waals surface area contributed by atoms with Gasteiger partial charge in [-0.25, -0.2) is 9.97 Å². The van der Waals surface area contributed by atoms with E-state index >= 15 is 0 Å². The highest BCUT2D eigenvalue weighted by molar-refractivity contribution is 6.14. The van der Waals surface area contributed by atoms with Crippen molar-refractivity contribution in [2.75, 3.05) is 4.90 Å². The summed E-state index contributed by atoms with van der Waals surface area (Å²) in [6, 6.07) is 69.7. The average Bonchev–Trinajstić information content (AvgIpc) is 3.92. The van der Waals surface area contributed by atoms with E-state index in [1.807, 2.05) is 72.8 Å². The maximum absolute atomic E-state index is 6.22. The summed E-state index contributed by atoms with van der Waals surface area (Å²) in [5.41, 5.74) is 12.7. The lowest BCUT2D eigenvalue weighted by Crippen LogP contribution is -2.10. The molecule has 0 amide bonds. The first-order valence-electron chi connectivity index (χ1n) is 19.1. The number of rotatable bonds is 7. The molecule has 0 aliphatic carbocycles. The summed E-state index contributed by atoms with van der Waals surface area (Å²) >= 11 is 0. The molecule has 0 atom stereocenters. The number of aromatic nitrogens is 2. The molecule has 0 fully saturated rings. The minimum atomic E-state index is 0.623. The van der Waals surface area contributed by atoms with Gasteiger partial charge in [-0.3, -0.25) is 0 Å². The lowest BCUT2D eigenvalue weighted by Gasteiger charge is -2.28. The van der Waals surface area contributed by atoms with Crippen LogP contribution in [0.25, 0.3) is 88.9 Å². The summed E-state index contributed by atoms with van der Waals surface area (Å²) in [5, 5.41) is 4.82. The average molecular weight is 732 g/mol. The minimum absolute atomic E-state index is 0.623. The van der Waals surface area contributed by atoms with Crippen molar-refractivity contribution >= 4 is 60.8 Å². The summed E-state index contributed by atoms with van der Waals surface area (Å²) in [6.45, 7) is 0. The number of oxazole rings is 2. The summed E-state index contributed by atoms with van der Waals surface area (Å²) in [6.07, 6.45) is 0. The van der Waals surface area contributed by atoms with E-state index in [1.165, 1.54) is 21.5 Å². The van der Waals surface area contributed by atoms with Crippen LogP contribution in [0.4, 0.5) is 17.1 Å². The SMILES string of the molecule is c1ccc(-c2nc3cc(-c4ccc(N(c5ccc(-c6ccc7nc(-c8ccccc8)oc7c6)cc5)c5cc6ccccc6c6ccccc56)cc4)ccc3o2)cc1. The fraction of sp³-hybridized carbons (Fsp3) is 0. The highest BCUT2D eigenvalue weighted by Crippen LogP contribution is 2.43. The molecular formula is C52H33N3O2. The van der Waals surface area contributed by atoms with Crippen molar-refractivity contribution in [3.05, 3.63) is 200 Å². The Labute approximate surface area is 328 Å². The molecule has 0 aliphatic rings. The van der Waals surface area contributed by atoms with Crippen LogP contribution in [0.15, 0.2) is 209 Å². The maximum atomic E-state index is 6.22. The quantitative estimate of drug-likeness (QED) is 0.153. The largest absolute Gasteiger partial charge is 0.436 e. The summed E-state index contributed by atoms with van der Waals surface area (Å²) in [4.78, 5) is 11.9. The number of fused-ring (bicyclic) bond motifs is 5. The summed E-state index contributed by atoms with van der Waals surface area (Å²) < 4.78 is 12.3. The maximum Gasteiger partial charge on any atom is 0.227 e. The number of anilines is 3. The van der Waals surface area contributed by atoms with Crippen LogP contribution in [0.2, 0.25) is 0 Å². The summed E-state index contributed by atoms with van der Waals surface area (Å²) in [7, 11) is 0. The molecule has 268 valence electrons. The van der Waals surface area contributed by atoms with Gasteiger partial charge in [0.15, 0.2) is 11.2 Å². The number of hydrogen-bond donors (Lipinski definition) is 0. The third-order valence-electron chi connectivity index (χ3n) is 10.7. The van der Waals surface area contributed by atoms with Gasteiger partial charge in [0, 0.05) is 27.9 Å². The Kier molecular flexibility index (Phi) is 7.74. The second-order valence-corrected chi connectivity index (χ2v) is 14.2. The van der Waals surface area contributed by atoms with Crippen LogP contribution in [0.3, 0.4) is 0 Å². The van der Waals surface area contributed by atoms with Crippen molar-refractivity contribution in [2.24, 2.45) is 0 Å². The van der Waals surface area contributed by atoms with Gasteiger partial charge in [0.25, 0.3) is 0 Å². The van der Waals surface area contributed by atoms with E-state index in [4.69, 9.17) is 18.8 Å². The van der Waals surface area contributed by atoms with Gasteiger partial charge in [-0.2, -0.15) is 0 Å². The highest BCUT2D eigenvalue weighted by Gasteiger charge is 2.19. The normalized spacial score (nSPS) is 11.5. The zero-order valence-electron chi connectivity index (χ0n) is 30.7. The van der Waals surface area contributed by atoms with Crippen molar-refractivity contribution in [3.63, 3.8) is 0 Å². The van der Waals surface area contributed by atoms with Gasteiger partial charge >= 0.3 is 0 Å². The fourth-order valence-corrected chi connectivity index (χ4v) is 7.87. The molecule has 2 aromatic heterocycles. The van der Waals surface area contributed by atoms with Crippen LogP contribution in [-0.4, -0.2) is 9.97 Å². The predicted molar refractivity (Wildman–Crippen MR) is 233 cm³/mol. The zero-order chi connectivity index (χ0) is 37.7. The Morgan fingerprint density at radius 3 is 1.51 bits per heavy atom. The van der Waals surface area contributed by atoms with Gasteiger partial charge < -0.3 is 13.7 Å². The van der Waals surface area contributed by atoms with Crippen LogP contribution in [-0.2, 0) is 0 Å². The smallest absolute Gasteiger partial charge is 0.227 e. The van der Waals surface area contributed by atoms with E-state index in [0.717, 1.165) is 72.6 Å². The first-order chi connectivity index (χ1) is 28.2. The molecule has 0 saturated heterocycles. The lowest BCUT2D eigenvalue weighted by molar-refractivity contribution is 0.619. The summed E-state index contributed by atoms with van der Waals surface area (Å²) in [5.74, 6) is 1.25. The molecule has 0 saturated carbocycles. The van der Waals surface area contributed by atoms with Gasteiger partial charge in [0.05, 0.1) is 5.69 Å². The van der Waals surface area contributed by atoms with E-state index in [0.29, 0.717) is 11.8 Å². The molecule has 0 aliphatic heterocycles. The van der Waals surface area contributed by atoms with Crippen LogP contribution >= 0.6 is 0 Å². The van der Waals surface area contributed by atoms with E-state index < -0.39 is 0 Å². The molecule has 57 heavy (non-hydrogen) atoms. The van der Waals surface area contributed by atoms with E-state index in [9.17, 15) is 0 Å². The van der Waals surface area contributed by atoms with Gasteiger partial charge in [-0.1, -0.05) is 121 Å². The Bertz CT molecular complexity index is 3060. The zero-order valence-corrected chi connectivity index (χ0v) is 30.7. The van der Waals surface area contributed by atoms with Crippen molar-refractivity contribution in [1.82, 2.24) is 9.97 Å². The first-order valence-corrected chi connectivity index (χ1v) is 19.1. The second-order valence-electron chi connectivity index (χ2n) is 14.2. The Balaban J connectivity index is 0.989. The standard InChI is InChI=1S/C52H33N3O2/c1-3-11-36(12-4-1)51-53-46-29-23-39(33-50(46)57-51)35-21-27-42(28-22-35)55(48-32-40-15-7-8-16-43(40)44-17-9-10-18-45(44)48)41-25-19-34(20-26-41)38-24-30-49-47(31-38)54-52(56-49)37-13-5-2-6-14-37/h1-33H. The Morgan fingerprint density at radius 2 is 0.842 bits per heavy atom. The number of nitrogens with zero attached hydrogens (tertiary/aromatic N) is 3. The third kappa shape index (κ3) is 5.90. The van der Waals surface area contributed by atoms with Crippen LogP contribution in [0.1, 0.15) is 0 Å². The van der Waals surface area contributed by atoms with Gasteiger partial charge in [0.1, 0.15) is 11.0 Å². The van der Waals surface area contributed by atoms with E-state index in [-0.39, 0.29) is 0 Å². The second kappa shape index (κ2) is 13.5. The molecule has 0 N–H and O–H groups in total. The molecule has 11 rings (SSSR count). The van der Waals surface area contributed by atoms with Crippen molar-refractivity contribution in [1.29, 1.82) is 0 Å². The molecule has 9 aromatic carbocycles. The molecule has 5 nitrogen and oxygen atoms in total. The van der Waals surface area contributed by atoms with Crippen LogP contribution in [0.5, 0.6) is 0 Å². The van der Waals surface area contributed by atoms with Gasteiger partial charge in [-0.05, 0) is 117 Å². The molecule has 0 unspecified atom stereocenters. The number of benzene rings is 9. The lowest BCUT2D eigenvalue weighted by atomic mass is 9.98. The molecule has 0 bridgehead atoms. The Hall–Kier alpha value is -7.76. The molecule has 0 spiro atoms. The van der Waals surface area contributed by atoms with Crippen LogP contribution < -0.4 is 4.90 Å². The molecular weight excluding hydrogens is 699 g/mol. The monoisotopic (exact) mass is 731 g/mol. The minimum Gasteiger partial charge on any atom is -0.436 e. The number of hydrogen-bond acceptors (Lipinski definition) is 5. The van der Waals surface area contributed by atoms with Gasteiger partial charge in [-0.15, -0.1) is 0 Å². The predicted octanol–water partition coefficient (Wildman–Crippen LogP) is 14.4. The molecule has 0 radical (unpaired) electrons. The highest BCUT2D eigenvalue weighted by atomic mass is 16.4. The van der Waals surface area contributed by atoms with Crippen molar-refractivity contribution in [2.45, 2.75) is 0 Å². The van der Waals surface area contributed by atoms with E-state index in [2.05, 4.69) is 132 Å².